The van der Waals surface area contributed by atoms with Crippen molar-refractivity contribution >= 4 is 11.8 Å². The Morgan fingerprint density at radius 3 is 2.74 bits per heavy atom. The van der Waals surface area contributed by atoms with Crippen LogP contribution in [0.5, 0.6) is 0 Å². The van der Waals surface area contributed by atoms with Gasteiger partial charge in [-0.1, -0.05) is 30.8 Å². The van der Waals surface area contributed by atoms with E-state index < -0.39 is 0 Å². The molecule has 2 aliphatic rings. The lowest BCUT2D eigenvalue weighted by molar-refractivity contribution is 0.119. The first-order valence-electron chi connectivity index (χ1n) is 7.48. The fourth-order valence-corrected chi connectivity index (χ4v) is 4.28. The van der Waals surface area contributed by atoms with Gasteiger partial charge in [0.05, 0.1) is 17.3 Å². The second kappa shape index (κ2) is 6.27. The standard InChI is InChI=1S/C14H22N2O2S/c17-11-7-3-1-2-6-10(11)14-15-13(16-18-14)12-8-4-5-9-19-12/h10-12,17H,1-9H2. The Bertz CT molecular complexity index is 404. The van der Waals surface area contributed by atoms with Crippen LogP contribution in [0, 0.1) is 0 Å². The summed E-state index contributed by atoms with van der Waals surface area (Å²) in [5, 5.41) is 14.7. The van der Waals surface area contributed by atoms with Gasteiger partial charge in [0.15, 0.2) is 5.82 Å². The Morgan fingerprint density at radius 2 is 1.89 bits per heavy atom. The van der Waals surface area contributed by atoms with Crippen LogP contribution in [0.4, 0.5) is 0 Å². The highest BCUT2D eigenvalue weighted by Gasteiger charge is 2.30. The van der Waals surface area contributed by atoms with Crippen LogP contribution in [-0.4, -0.2) is 27.1 Å². The number of rotatable bonds is 2. The molecule has 19 heavy (non-hydrogen) atoms. The molecule has 0 aromatic carbocycles. The second-order valence-corrected chi connectivity index (χ2v) is 6.97. The molecule has 5 heteroatoms. The Hall–Kier alpha value is -0.550. The molecular weight excluding hydrogens is 260 g/mol. The maximum absolute atomic E-state index is 10.2. The van der Waals surface area contributed by atoms with Gasteiger partial charge in [0.2, 0.25) is 5.89 Å². The van der Waals surface area contributed by atoms with Crippen LogP contribution in [0.15, 0.2) is 4.52 Å². The van der Waals surface area contributed by atoms with E-state index >= 15 is 0 Å². The molecule has 1 aromatic heterocycles. The molecule has 4 nitrogen and oxygen atoms in total. The summed E-state index contributed by atoms with van der Waals surface area (Å²) in [4.78, 5) is 4.59. The normalized spacial score (nSPS) is 33.0. The van der Waals surface area contributed by atoms with Crippen molar-refractivity contribution in [2.24, 2.45) is 0 Å². The van der Waals surface area contributed by atoms with E-state index in [-0.39, 0.29) is 12.0 Å². The number of aliphatic hydroxyl groups excluding tert-OH is 1. The molecule has 1 aliphatic carbocycles. The van der Waals surface area contributed by atoms with E-state index in [1.165, 1.54) is 25.0 Å². The third-order valence-electron chi connectivity index (χ3n) is 4.22. The zero-order valence-electron chi connectivity index (χ0n) is 11.3. The average molecular weight is 282 g/mol. The first-order valence-corrected chi connectivity index (χ1v) is 8.52. The highest BCUT2D eigenvalue weighted by molar-refractivity contribution is 7.99. The molecule has 1 aliphatic heterocycles. The third kappa shape index (κ3) is 3.14. The summed E-state index contributed by atoms with van der Waals surface area (Å²) in [7, 11) is 0. The predicted molar refractivity (Wildman–Crippen MR) is 75.2 cm³/mol. The number of nitrogens with zero attached hydrogens (tertiary/aromatic N) is 2. The van der Waals surface area contributed by atoms with Gasteiger partial charge >= 0.3 is 0 Å². The van der Waals surface area contributed by atoms with Gasteiger partial charge < -0.3 is 9.63 Å². The Labute approximate surface area is 118 Å². The Balaban J connectivity index is 1.72. The molecule has 3 unspecified atom stereocenters. The maximum Gasteiger partial charge on any atom is 0.232 e. The van der Waals surface area contributed by atoms with E-state index in [1.54, 1.807) is 0 Å². The van der Waals surface area contributed by atoms with Gasteiger partial charge in [-0.3, -0.25) is 0 Å². The highest BCUT2D eigenvalue weighted by Crippen LogP contribution is 2.38. The molecule has 1 aromatic rings. The molecule has 1 saturated carbocycles. The van der Waals surface area contributed by atoms with Crippen LogP contribution in [0.1, 0.15) is 74.2 Å². The molecule has 0 radical (unpaired) electrons. The Kier molecular flexibility index (Phi) is 4.43. The largest absolute Gasteiger partial charge is 0.392 e. The zero-order chi connectivity index (χ0) is 13.1. The van der Waals surface area contributed by atoms with Crippen molar-refractivity contribution in [3.63, 3.8) is 0 Å². The molecular formula is C14H22N2O2S. The summed E-state index contributed by atoms with van der Waals surface area (Å²) >= 11 is 1.93. The van der Waals surface area contributed by atoms with Crippen molar-refractivity contribution in [2.75, 3.05) is 5.75 Å². The smallest absolute Gasteiger partial charge is 0.232 e. The van der Waals surface area contributed by atoms with Crippen molar-refractivity contribution in [1.82, 2.24) is 10.1 Å². The number of hydrogen-bond acceptors (Lipinski definition) is 5. The highest BCUT2D eigenvalue weighted by atomic mass is 32.2. The molecule has 106 valence electrons. The van der Waals surface area contributed by atoms with Crippen molar-refractivity contribution in [2.45, 2.75) is 68.6 Å². The minimum Gasteiger partial charge on any atom is -0.392 e. The van der Waals surface area contributed by atoms with Gasteiger partial charge in [-0.05, 0) is 31.4 Å². The second-order valence-electron chi connectivity index (χ2n) is 5.66. The summed E-state index contributed by atoms with van der Waals surface area (Å²) < 4.78 is 5.45. The molecule has 1 N–H and O–H groups in total. The third-order valence-corrected chi connectivity index (χ3v) is 5.60. The lowest BCUT2D eigenvalue weighted by Crippen LogP contribution is -2.17. The van der Waals surface area contributed by atoms with Crippen LogP contribution in [0.2, 0.25) is 0 Å². The van der Waals surface area contributed by atoms with Crippen molar-refractivity contribution in [3.8, 4) is 0 Å². The summed E-state index contributed by atoms with van der Waals surface area (Å²) in [6, 6.07) is 0. The molecule has 0 amide bonds. The van der Waals surface area contributed by atoms with Crippen LogP contribution >= 0.6 is 11.8 Å². The van der Waals surface area contributed by atoms with Crippen molar-refractivity contribution in [1.29, 1.82) is 0 Å². The van der Waals surface area contributed by atoms with Crippen molar-refractivity contribution in [3.05, 3.63) is 11.7 Å². The van der Waals surface area contributed by atoms with Gasteiger partial charge in [0.25, 0.3) is 0 Å². The summed E-state index contributed by atoms with van der Waals surface area (Å²) in [6.45, 7) is 0. The Morgan fingerprint density at radius 1 is 1.05 bits per heavy atom. The van der Waals surface area contributed by atoms with Gasteiger partial charge in [-0.2, -0.15) is 16.7 Å². The monoisotopic (exact) mass is 282 g/mol. The van der Waals surface area contributed by atoms with Gasteiger partial charge in [-0.15, -0.1) is 0 Å². The number of aromatic nitrogens is 2. The van der Waals surface area contributed by atoms with E-state index in [1.807, 2.05) is 11.8 Å². The van der Waals surface area contributed by atoms with E-state index in [4.69, 9.17) is 4.52 Å². The van der Waals surface area contributed by atoms with Crippen LogP contribution in [0.3, 0.4) is 0 Å². The molecule has 0 bridgehead atoms. The molecule has 3 atom stereocenters. The molecule has 0 spiro atoms. The van der Waals surface area contributed by atoms with Crippen LogP contribution in [0.25, 0.3) is 0 Å². The lowest BCUT2D eigenvalue weighted by Gasteiger charge is -2.18. The first-order chi connectivity index (χ1) is 9.34. The fraction of sp³-hybridized carbons (Fsp3) is 0.857. The van der Waals surface area contributed by atoms with E-state index in [0.29, 0.717) is 11.1 Å². The summed E-state index contributed by atoms with van der Waals surface area (Å²) in [5.74, 6) is 2.75. The van der Waals surface area contributed by atoms with Gasteiger partial charge in [-0.25, -0.2) is 0 Å². The number of hydrogen-bond donors (Lipinski definition) is 1. The van der Waals surface area contributed by atoms with E-state index in [2.05, 4.69) is 10.1 Å². The SMILES string of the molecule is OC1CCCCCC1c1nc(C2CCCCS2)no1. The van der Waals surface area contributed by atoms with Gasteiger partial charge in [0, 0.05) is 0 Å². The number of thioether (sulfide) groups is 1. The number of aliphatic hydroxyl groups is 1. The molecule has 2 fully saturated rings. The average Bonchev–Trinajstić information content (AvgIpc) is 2.83. The first kappa shape index (κ1) is 13.4. The topological polar surface area (TPSA) is 59.2 Å². The summed E-state index contributed by atoms with van der Waals surface area (Å²) in [5.41, 5.74) is 0. The lowest BCUT2D eigenvalue weighted by atomic mass is 9.97. The molecule has 1 saturated heterocycles. The molecule has 3 rings (SSSR count). The van der Waals surface area contributed by atoms with E-state index in [9.17, 15) is 5.11 Å². The zero-order valence-corrected chi connectivity index (χ0v) is 12.1. The van der Waals surface area contributed by atoms with Gasteiger partial charge in [0.1, 0.15) is 0 Å². The predicted octanol–water partition coefficient (Wildman–Crippen LogP) is 3.44. The maximum atomic E-state index is 10.2. The van der Waals surface area contributed by atoms with E-state index in [0.717, 1.165) is 37.9 Å². The van der Waals surface area contributed by atoms with Crippen LogP contribution < -0.4 is 0 Å². The minimum atomic E-state index is -0.310. The van der Waals surface area contributed by atoms with Crippen LogP contribution in [-0.2, 0) is 0 Å². The summed E-state index contributed by atoms with van der Waals surface area (Å²) in [6.07, 6.45) is 8.69. The quantitative estimate of drug-likeness (QED) is 0.842. The minimum absolute atomic E-state index is 0.0531. The van der Waals surface area contributed by atoms with Crippen molar-refractivity contribution < 1.29 is 9.63 Å². The molecule has 2 heterocycles. The fourth-order valence-electron chi connectivity index (χ4n) is 3.05.